The Hall–Kier alpha value is -6.99. The number of fused-ring (bicyclic) bond motifs is 9. The molecule has 0 aliphatic rings. The molecule has 6 heteroatoms. The van der Waals surface area contributed by atoms with Gasteiger partial charge in [0.1, 0.15) is 0 Å². The maximum absolute atomic E-state index is 5.12. The zero-order chi connectivity index (χ0) is 37.5. The molecule has 0 saturated carbocycles. The Balaban J connectivity index is 1.07. The molecule has 0 aliphatic heterocycles. The van der Waals surface area contributed by atoms with E-state index in [1.807, 2.05) is 59.1 Å². The standard InChI is InChI=1S/C51H30N4S2/c1-3-14-31(15-4-1)49-52-50(32-16-5-2-6-17-32)54-51(53-49)39-23-11-22-38-46-36(20-13-27-45(46)57-48(38)39)37-21-12-26-44-47(37)40-30-33(28-29-43(40)56-44)55-41-24-9-7-18-34(41)35-19-8-10-25-42(35)55/h1-30H. The van der Waals surface area contributed by atoms with Crippen molar-refractivity contribution >= 4 is 84.8 Å². The summed E-state index contributed by atoms with van der Waals surface area (Å²) >= 11 is 3.67. The van der Waals surface area contributed by atoms with Crippen LogP contribution in [0.15, 0.2) is 182 Å². The predicted octanol–water partition coefficient (Wildman–Crippen LogP) is 14.4. The van der Waals surface area contributed by atoms with Crippen LogP contribution in [-0.4, -0.2) is 19.5 Å². The lowest BCUT2D eigenvalue weighted by Gasteiger charge is -2.10. The summed E-state index contributed by atoms with van der Waals surface area (Å²) in [5.74, 6) is 1.99. The summed E-state index contributed by atoms with van der Waals surface area (Å²) in [7, 11) is 0. The highest BCUT2D eigenvalue weighted by molar-refractivity contribution is 7.26. The van der Waals surface area contributed by atoms with Gasteiger partial charge in [-0.05, 0) is 59.7 Å². The van der Waals surface area contributed by atoms with Gasteiger partial charge in [-0.15, -0.1) is 22.7 Å². The van der Waals surface area contributed by atoms with Crippen LogP contribution in [0.4, 0.5) is 0 Å². The van der Waals surface area contributed by atoms with E-state index in [1.54, 1.807) is 0 Å². The third-order valence-electron chi connectivity index (χ3n) is 11.1. The molecule has 266 valence electrons. The van der Waals surface area contributed by atoms with Crippen molar-refractivity contribution in [2.75, 3.05) is 0 Å². The first-order valence-corrected chi connectivity index (χ1v) is 20.7. The van der Waals surface area contributed by atoms with E-state index in [0.717, 1.165) is 16.7 Å². The van der Waals surface area contributed by atoms with Gasteiger partial charge in [0.2, 0.25) is 0 Å². The molecule has 0 radical (unpaired) electrons. The first-order chi connectivity index (χ1) is 28.3. The summed E-state index contributed by atoms with van der Waals surface area (Å²) in [5.41, 5.74) is 9.00. The Bertz CT molecular complexity index is 3410. The van der Waals surface area contributed by atoms with Crippen LogP contribution in [0, 0.1) is 0 Å². The van der Waals surface area contributed by atoms with E-state index in [9.17, 15) is 0 Å². The van der Waals surface area contributed by atoms with Gasteiger partial charge >= 0.3 is 0 Å². The summed E-state index contributed by atoms with van der Waals surface area (Å²) in [5, 5.41) is 7.56. The van der Waals surface area contributed by atoms with Gasteiger partial charge in [0.05, 0.1) is 11.0 Å². The van der Waals surface area contributed by atoms with Gasteiger partial charge in [0, 0.05) is 73.5 Å². The fourth-order valence-corrected chi connectivity index (χ4v) is 10.9. The van der Waals surface area contributed by atoms with E-state index < -0.39 is 0 Å². The molecule has 0 N–H and O–H groups in total. The van der Waals surface area contributed by atoms with Crippen LogP contribution in [0.2, 0.25) is 0 Å². The lowest BCUT2D eigenvalue weighted by atomic mass is 9.95. The van der Waals surface area contributed by atoms with Gasteiger partial charge < -0.3 is 4.57 Å². The molecule has 0 spiro atoms. The Morgan fingerprint density at radius 3 is 1.51 bits per heavy atom. The van der Waals surface area contributed by atoms with Crippen LogP contribution < -0.4 is 0 Å². The highest BCUT2D eigenvalue weighted by atomic mass is 32.1. The van der Waals surface area contributed by atoms with E-state index in [0.29, 0.717) is 17.5 Å². The fourth-order valence-electron chi connectivity index (χ4n) is 8.56. The van der Waals surface area contributed by atoms with Crippen molar-refractivity contribution in [2.45, 2.75) is 0 Å². The summed E-state index contributed by atoms with van der Waals surface area (Å²) in [6, 6.07) is 64.9. The first-order valence-electron chi connectivity index (χ1n) is 19.0. The molecule has 0 fully saturated rings. The Kier molecular flexibility index (Phi) is 7.24. The zero-order valence-corrected chi connectivity index (χ0v) is 32.1. The molecule has 4 aromatic heterocycles. The van der Waals surface area contributed by atoms with E-state index in [-0.39, 0.29) is 0 Å². The molecule has 8 aromatic carbocycles. The Morgan fingerprint density at radius 2 is 0.860 bits per heavy atom. The van der Waals surface area contributed by atoms with Gasteiger partial charge in [-0.1, -0.05) is 133 Å². The van der Waals surface area contributed by atoms with Gasteiger partial charge in [0.25, 0.3) is 0 Å². The lowest BCUT2D eigenvalue weighted by molar-refractivity contribution is 1.08. The smallest absolute Gasteiger partial charge is 0.165 e. The number of thiophene rings is 2. The zero-order valence-electron chi connectivity index (χ0n) is 30.4. The second-order valence-corrected chi connectivity index (χ2v) is 16.5. The van der Waals surface area contributed by atoms with Gasteiger partial charge in [0.15, 0.2) is 17.5 Å². The van der Waals surface area contributed by atoms with Crippen LogP contribution in [-0.2, 0) is 0 Å². The second-order valence-electron chi connectivity index (χ2n) is 14.3. The number of para-hydroxylation sites is 2. The molecule has 4 nitrogen and oxygen atoms in total. The third-order valence-corrected chi connectivity index (χ3v) is 13.4. The quantitative estimate of drug-likeness (QED) is 0.175. The van der Waals surface area contributed by atoms with Crippen molar-refractivity contribution in [3.8, 4) is 51.0 Å². The minimum atomic E-state index is 0.662. The van der Waals surface area contributed by atoms with Crippen LogP contribution in [0.1, 0.15) is 0 Å². The average molecular weight is 763 g/mol. The highest BCUT2D eigenvalue weighted by Crippen LogP contribution is 2.47. The summed E-state index contributed by atoms with van der Waals surface area (Å²) < 4.78 is 7.38. The van der Waals surface area contributed by atoms with Crippen LogP contribution in [0.5, 0.6) is 0 Å². The Morgan fingerprint density at radius 1 is 0.351 bits per heavy atom. The van der Waals surface area contributed by atoms with Crippen molar-refractivity contribution < 1.29 is 0 Å². The largest absolute Gasteiger partial charge is 0.309 e. The molecule has 0 atom stereocenters. The minimum Gasteiger partial charge on any atom is -0.309 e. The summed E-state index contributed by atoms with van der Waals surface area (Å²) in [4.78, 5) is 15.2. The topological polar surface area (TPSA) is 43.6 Å². The summed E-state index contributed by atoms with van der Waals surface area (Å²) in [6.07, 6.45) is 0. The molecular formula is C51H30N4S2. The normalized spacial score (nSPS) is 11.9. The maximum Gasteiger partial charge on any atom is 0.165 e. The highest BCUT2D eigenvalue weighted by Gasteiger charge is 2.21. The van der Waals surface area contributed by atoms with Crippen molar-refractivity contribution in [1.29, 1.82) is 0 Å². The first kappa shape index (κ1) is 32.3. The number of nitrogens with zero attached hydrogens (tertiary/aromatic N) is 4. The van der Waals surface area contributed by atoms with Crippen LogP contribution in [0.3, 0.4) is 0 Å². The van der Waals surface area contributed by atoms with E-state index in [1.165, 1.54) is 79.0 Å². The molecule has 0 aliphatic carbocycles. The number of hydrogen-bond donors (Lipinski definition) is 0. The molecule has 4 heterocycles. The number of hydrogen-bond acceptors (Lipinski definition) is 5. The van der Waals surface area contributed by atoms with Gasteiger partial charge in [-0.3, -0.25) is 0 Å². The number of benzene rings is 8. The van der Waals surface area contributed by atoms with Gasteiger partial charge in [-0.2, -0.15) is 0 Å². The van der Waals surface area contributed by atoms with Crippen molar-refractivity contribution in [1.82, 2.24) is 19.5 Å². The van der Waals surface area contributed by atoms with Crippen molar-refractivity contribution in [2.24, 2.45) is 0 Å². The fraction of sp³-hybridized carbons (Fsp3) is 0. The SMILES string of the molecule is c1ccc(-c2nc(-c3ccccc3)nc(-c3cccc4c3sc3cccc(-c5cccc6sc7ccc(-n8c9ccccc9c9ccccc98)cc7c56)c34)n2)cc1. The van der Waals surface area contributed by atoms with Crippen molar-refractivity contribution in [3.63, 3.8) is 0 Å². The molecule has 0 unspecified atom stereocenters. The van der Waals surface area contributed by atoms with Crippen molar-refractivity contribution in [3.05, 3.63) is 182 Å². The van der Waals surface area contributed by atoms with Crippen LogP contribution >= 0.6 is 22.7 Å². The second kappa shape index (κ2) is 12.8. The van der Waals surface area contributed by atoms with E-state index in [4.69, 9.17) is 15.0 Å². The average Bonchev–Trinajstić information content (AvgIpc) is 3.96. The molecule has 12 aromatic rings. The molecule has 0 bridgehead atoms. The molecular weight excluding hydrogens is 733 g/mol. The molecule has 0 amide bonds. The maximum atomic E-state index is 5.12. The molecule has 0 saturated heterocycles. The Labute approximate surface area is 335 Å². The number of rotatable bonds is 5. The number of aromatic nitrogens is 4. The van der Waals surface area contributed by atoms with Crippen LogP contribution in [0.25, 0.3) is 113 Å². The summed E-state index contributed by atoms with van der Waals surface area (Å²) in [6.45, 7) is 0. The lowest BCUT2D eigenvalue weighted by Crippen LogP contribution is -2.00. The van der Waals surface area contributed by atoms with Gasteiger partial charge in [-0.25, -0.2) is 15.0 Å². The predicted molar refractivity (Wildman–Crippen MR) is 242 cm³/mol. The third kappa shape index (κ3) is 5.08. The molecule has 57 heavy (non-hydrogen) atoms. The molecule has 12 rings (SSSR count). The van der Waals surface area contributed by atoms with E-state index >= 15 is 0 Å². The minimum absolute atomic E-state index is 0.662. The monoisotopic (exact) mass is 762 g/mol. The van der Waals surface area contributed by atoms with E-state index in [2.05, 4.69) is 150 Å².